The highest BCUT2D eigenvalue weighted by molar-refractivity contribution is 7.95. The molecule has 3 aromatic rings. The minimum atomic E-state index is -2.18. The van der Waals surface area contributed by atoms with Crippen molar-refractivity contribution in [2.24, 2.45) is 5.41 Å². The Labute approximate surface area is 321 Å². The molecular formula is C43H68IO2PSi2. The Morgan fingerprint density at radius 3 is 1.31 bits per heavy atom. The van der Waals surface area contributed by atoms with Gasteiger partial charge in [-0.3, -0.25) is 0 Å². The molecule has 0 aliphatic carbocycles. The molecule has 3 aromatic carbocycles. The van der Waals surface area contributed by atoms with E-state index in [9.17, 15) is 0 Å². The average molecular weight is 831 g/mol. The minimum Gasteiger partial charge on any atom is -1.00 e. The Hall–Kier alpha value is -1.09. The third kappa shape index (κ3) is 9.67. The van der Waals surface area contributed by atoms with Gasteiger partial charge >= 0.3 is 0 Å². The molecule has 0 unspecified atom stereocenters. The first-order valence-electron chi connectivity index (χ1n) is 18.4. The number of allylic oxidation sites excluding steroid dienone is 1. The van der Waals surface area contributed by atoms with Crippen LogP contribution in [0.4, 0.5) is 0 Å². The van der Waals surface area contributed by atoms with Crippen LogP contribution in [0.2, 0.25) is 34.8 Å². The van der Waals surface area contributed by atoms with Gasteiger partial charge in [-0.2, -0.15) is 0 Å². The van der Waals surface area contributed by atoms with E-state index >= 15 is 0 Å². The molecule has 0 bridgehead atoms. The van der Waals surface area contributed by atoms with Crippen LogP contribution in [0.3, 0.4) is 0 Å². The standard InChI is InChI=1S/C43H68O2PSi2.HI/c1-15-25-40(45-48(34(2)3,35(4)5)36(6)7)43(11,12)41(44-47(13,14)42(8,9)10)32-33-46(37-26-19-16-20-27-37,38-28-21-17-22-29-38)39-30-23-18-24-31-39;/h15-31,34-36,40-41H,32-33H2,1-14H3;1H/q+1;/p-1/b25-15+;/t40-,41-;/m0./s1. The molecule has 0 aliphatic rings. The van der Waals surface area contributed by atoms with Crippen molar-refractivity contribution in [3.63, 3.8) is 0 Å². The van der Waals surface area contributed by atoms with Gasteiger partial charge in [0.15, 0.2) is 8.32 Å². The van der Waals surface area contributed by atoms with Crippen molar-refractivity contribution in [1.29, 1.82) is 0 Å². The lowest BCUT2D eigenvalue weighted by Gasteiger charge is -2.51. The SMILES string of the molecule is C/C=C/[C@H](O[Si](C(C)C)(C(C)C)C(C)C)C(C)(C)[C@H](CC[P+](c1ccccc1)(c1ccccc1)c1ccccc1)O[Si](C)(C)C(C)(C)C.[I-]. The Morgan fingerprint density at radius 1 is 0.633 bits per heavy atom. The van der Waals surface area contributed by atoms with Crippen LogP contribution in [-0.2, 0) is 8.85 Å². The molecule has 272 valence electrons. The highest BCUT2D eigenvalue weighted by Crippen LogP contribution is 2.57. The van der Waals surface area contributed by atoms with Crippen LogP contribution in [0, 0.1) is 5.41 Å². The number of hydrogen-bond acceptors (Lipinski definition) is 2. The Kier molecular flexibility index (Phi) is 16.3. The molecule has 0 aliphatic heterocycles. The van der Waals surface area contributed by atoms with Crippen molar-refractivity contribution >= 4 is 39.8 Å². The first kappa shape index (κ1) is 44.1. The number of rotatable bonds is 16. The van der Waals surface area contributed by atoms with Crippen molar-refractivity contribution in [2.45, 2.75) is 136 Å². The first-order valence-corrected chi connectivity index (χ1v) is 25.4. The zero-order valence-electron chi connectivity index (χ0n) is 33.3. The van der Waals surface area contributed by atoms with Crippen LogP contribution in [-0.4, -0.2) is 35.0 Å². The molecule has 0 aromatic heterocycles. The fraction of sp³-hybridized carbons (Fsp3) is 0.535. The maximum atomic E-state index is 7.69. The molecule has 0 spiro atoms. The molecule has 49 heavy (non-hydrogen) atoms. The normalized spacial score (nSPS) is 14.8. The summed E-state index contributed by atoms with van der Waals surface area (Å²) >= 11 is 0. The molecule has 6 heteroatoms. The Morgan fingerprint density at radius 2 is 1.00 bits per heavy atom. The molecule has 2 atom stereocenters. The summed E-state index contributed by atoms with van der Waals surface area (Å²) in [6, 6.07) is 33.9. The van der Waals surface area contributed by atoms with Crippen LogP contribution in [0.25, 0.3) is 0 Å². The van der Waals surface area contributed by atoms with Crippen LogP contribution >= 0.6 is 7.26 Å². The van der Waals surface area contributed by atoms with Crippen molar-refractivity contribution in [2.75, 3.05) is 6.16 Å². The molecule has 0 heterocycles. The second kappa shape index (κ2) is 18.1. The van der Waals surface area contributed by atoms with Crippen LogP contribution in [0.15, 0.2) is 103 Å². The summed E-state index contributed by atoms with van der Waals surface area (Å²) < 4.78 is 15.3. The molecule has 2 nitrogen and oxygen atoms in total. The fourth-order valence-corrected chi connectivity index (χ4v) is 19.2. The van der Waals surface area contributed by atoms with E-state index in [1.165, 1.54) is 15.9 Å². The molecule has 0 N–H and O–H groups in total. The highest BCUT2D eigenvalue weighted by atomic mass is 127. The smallest absolute Gasteiger partial charge is 0.201 e. The summed E-state index contributed by atoms with van der Waals surface area (Å²) in [6.07, 6.45) is 6.50. The van der Waals surface area contributed by atoms with Crippen LogP contribution in [0.1, 0.15) is 89.5 Å². The zero-order valence-corrected chi connectivity index (χ0v) is 38.3. The van der Waals surface area contributed by atoms with E-state index in [1.54, 1.807) is 0 Å². The molecular weight excluding hydrogens is 763 g/mol. The fourth-order valence-electron chi connectivity index (χ4n) is 7.73. The van der Waals surface area contributed by atoms with Gasteiger partial charge in [0.2, 0.25) is 8.32 Å². The second-order valence-corrected chi connectivity index (χ2v) is 30.7. The summed E-state index contributed by atoms with van der Waals surface area (Å²) in [5.74, 6) is 0. The van der Waals surface area contributed by atoms with Gasteiger partial charge in [0.25, 0.3) is 0 Å². The van der Waals surface area contributed by atoms with E-state index in [1.807, 2.05) is 0 Å². The van der Waals surface area contributed by atoms with Gasteiger partial charge in [0, 0.05) is 11.8 Å². The first-order chi connectivity index (χ1) is 22.4. The molecule has 0 fully saturated rings. The summed E-state index contributed by atoms with van der Waals surface area (Å²) in [4.78, 5) is 0. The topological polar surface area (TPSA) is 18.5 Å². The van der Waals surface area contributed by atoms with E-state index in [4.69, 9.17) is 8.85 Å². The molecule has 0 amide bonds. The third-order valence-electron chi connectivity index (χ3n) is 11.5. The largest absolute Gasteiger partial charge is 1.00 e. The lowest BCUT2D eigenvalue weighted by molar-refractivity contribution is -0.0153. The minimum absolute atomic E-state index is 0. The van der Waals surface area contributed by atoms with Crippen molar-refractivity contribution in [3.05, 3.63) is 103 Å². The van der Waals surface area contributed by atoms with E-state index in [0.29, 0.717) is 16.6 Å². The van der Waals surface area contributed by atoms with Crippen molar-refractivity contribution in [3.8, 4) is 0 Å². The summed E-state index contributed by atoms with van der Waals surface area (Å²) in [7, 11) is -6.38. The second-order valence-electron chi connectivity index (χ2n) is 16.9. The maximum Gasteiger partial charge on any atom is 0.201 e. The van der Waals surface area contributed by atoms with Gasteiger partial charge in [-0.05, 0) is 78.1 Å². The average Bonchev–Trinajstić information content (AvgIpc) is 3.03. The van der Waals surface area contributed by atoms with Gasteiger partial charge in [-0.15, -0.1) is 0 Å². The Bertz CT molecular complexity index is 1300. The molecule has 0 saturated heterocycles. The van der Waals surface area contributed by atoms with E-state index in [2.05, 4.69) is 199 Å². The highest BCUT2D eigenvalue weighted by Gasteiger charge is 2.53. The van der Waals surface area contributed by atoms with Crippen LogP contribution in [0.5, 0.6) is 0 Å². The third-order valence-corrected chi connectivity index (χ3v) is 26.6. The van der Waals surface area contributed by atoms with Gasteiger partial charge < -0.3 is 32.8 Å². The number of benzene rings is 3. The number of hydrogen-bond donors (Lipinski definition) is 0. The quantitative estimate of drug-likeness (QED) is 0.0622. The predicted octanol–water partition coefficient (Wildman–Crippen LogP) is 8.93. The molecule has 0 saturated carbocycles. The van der Waals surface area contributed by atoms with Gasteiger partial charge in [0.05, 0.1) is 18.4 Å². The predicted molar refractivity (Wildman–Crippen MR) is 221 cm³/mol. The molecule has 0 radical (unpaired) electrons. The lowest BCUT2D eigenvalue weighted by Crippen LogP contribution is -3.00. The monoisotopic (exact) mass is 830 g/mol. The van der Waals surface area contributed by atoms with Gasteiger partial charge in [-0.25, -0.2) is 0 Å². The van der Waals surface area contributed by atoms with E-state index in [0.717, 1.165) is 12.6 Å². The van der Waals surface area contributed by atoms with Gasteiger partial charge in [-0.1, -0.05) is 143 Å². The summed E-state index contributed by atoms with van der Waals surface area (Å²) in [6.45, 7) is 33.3. The maximum absolute atomic E-state index is 7.69. The van der Waals surface area contributed by atoms with Crippen LogP contribution < -0.4 is 39.9 Å². The van der Waals surface area contributed by atoms with Crippen molar-refractivity contribution < 1.29 is 32.8 Å². The van der Waals surface area contributed by atoms with Crippen molar-refractivity contribution in [1.82, 2.24) is 0 Å². The van der Waals surface area contributed by atoms with E-state index in [-0.39, 0.29) is 46.6 Å². The summed E-state index contributed by atoms with van der Waals surface area (Å²) in [5, 5.41) is 4.38. The lowest BCUT2D eigenvalue weighted by atomic mass is 9.79. The summed E-state index contributed by atoms with van der Waals surface area (Å²) in [5.41, 5.74) is 1.26. The van der Waals surface area contributed by atoms with E-state index < -0.39 is 23.9 Å². The Balaban J connectivity index is 0.00000833. The molecule has 3 rings (SSSR count). The van der Waals surface area contributed by atoms with Gasteiger partial charge in [0.1, 0.15) is 23.2 Å². The number of halogens is 1. The zero-order chi connectivity index (χ0) is 36.0.